The van der Waals surface area contributed by atoms with E-state index in [4.69, 9.17) is 16.3 Å². The van der Waals surface area contributed by atoms with E-state index in [0.29, 0.717) is 12.3 Å². The highest BCUT2D eigenvalue weighted by molar-refractivity contribution is 6.32. The zero-order valence-electron chi connectivity index (χ0n) is 9.39. The molecule has 1 aromatic carbocycles. The smallest absolute Gasteiger partial charge is 0.288 e. The highest BCUT2D eigenvalue weighted by Gasteiger charge is 2.12. The number of amides is 1. The second-order valence-corrected chi connectivity index (χ2v) is 3.66. The van der Waals surface area contributed by atoms with Crippen LogP contribution in [-0.4, -0.2) is 24.0 Å². The molecule has 0 aliphatic rings. The van der Waals surface area contributed by atoms with Crippen LogP contribution in [-0.2, 0) is 4.79 Å². The number of hydrogen-bond acceptors (Lipinski definition) is 4. The zero-order valence-corrected chi connectivity index (χ0v) is 10.1. The molecule has 0 bridgehead atoms. The van der Waals surface area contributed by atoms with Gasteiger partial charge in [0.25, 0.3) is 11.6 Å². The van der Waals surface area contributed by atoms with Crippen molar-refractivity contribution < 1.29 is 14.5 Å². The third-order valence-electron chi connectivity index (χ3n) is 1.93. The first-order valence-electron chi connectivity index (χ1n) is 4.99. The molecule has 1 aromatic rings. The molecule has 6 nitrogen and oxygen atoms in total. The Morgan fingerprint density at radius 2 is 2.33 bits per heavy atom. The van der Waals surface area contributed by atoms with E-state index in [-0.39, 0.29) is 23.2 Å². The Kier molecular flexibility index (Phi) is 5.13. The molecule has 0 radical (unpaired) electrons. The van der Waals surface area contributed by atoms with E-state index in [1.807, 2.05) is 0 Å². The van der Waals surface area contributed by atoms with Gasteiger partial charge in [-0.3, -0.25) is 14.9 Å². The van der Waals surface area contributed by atoms with Crippen LogP contribution in [0.25, 0.3) is 0 Å². The lowest BCUT2D eigenvalue weighted by Crippen LogP contribution is -2.28. The van der Waals surface area contributed by atoms with Gasteiger partial charge in [0.1, 0.15) is 10.8 Å². The maximum absolute atomic E-state index is 11.2. The summed E-state index contributed by atoms with van der Waals surface area (Å²) in [5.41, 5.74) is -0.208. The minimum atomic E-state index is -0.594. The molecule has 0 aromatic heterocycles. The maximum atomic E-state index is 11.2. The zero-order chi connectivity index (χ0) is 13.5. The van der Waals surface area contributed by atoms with Crippen LogP contribution in [0.3, 0.4) is 0 Å². The Morgan fingerprint density at radius 3 is 2.89 bits per heavy atom. The second-order valence-electron chi connectivity index (χ2n) is 3.25. The fourth-order valence-electron chi connectivity index (χ4n) is 1.11. The molecule has 0 unspecified atom stereocenters. The first-order valence-corrected chi connectivity index (χ1v) is 5.36. The summed E-state index contributed by atoms with van der Waals surface area (Å²) in [6, 6.07) is 3.89. The summed E-state index contributed by atoms with van der Waals surface area (Å²) in [4.78, 5) is 21.1. The summed E-state index contributed by atoms with van der Waals surface area (Å²) in [6.07, 6.45) is 1.54. The minimum absolute atomic E-state index is 0.0380. The van der Waals surface area contributed by atoms with E-state index in [1.165, 1.54) is 18.2 Å². The predicted molar refractivity (Wildman–Crippen MR) is 66.8 cm³/mol. The molecular formula is C11H11ClN2O4. The number of halogens is 1. The van der Waals surface area contributed by atoms with E-state index in [2.05, 4.69) is 11.9 Å². The van der Waals surface area contributed by atoms with Crippen molar-refractivity contribution in [1.29, 1.82) is 0 Å². The van der Waals surface area contributed by atoms with Crippen LogP contribution in [0.5, 0.6) is 5.75 Å². The fourth-order valence-corrected chi connectivity index (χ4v) is 1.35. The lowest BCUT2D eigenvalue weighted by molar-refractivity contribution is -0.384. The van der Waals surface area contributed by atoms with E-state index >= 15 is 0 Å². The van der Waals surface area contributed by atoms with Crippen LogP contribution in [0, 0.1) is 10.1 Å². The number of hydrogen-bond donors (Lipinski definition) is 1. The van der Waals surface area contributed by atoms with Crippen molar-refractivity contribution >= 4 is 23.2 Å². The van der Waals surface area contributed by atoms with Crippen molar-refractivity contribution in [1.82, 2.24) is 5.32 Å². The number of nitrogens with one attached hydrogen (secondary N) is 1. The second kappa shape index (κ2) is 6.61. The number of carbonyl (C=O) groups excluding carboxylic acids is 1. The summed E-state index contributed by atoms with van der Waals surface area (Å²) in [5, 5.41) is 13.0. The van der Waals surface area contributed by atoms with Gasteiger partial charge in [0.2, 0.25) is 0 Å². The number of nitro benzene ring substituents is 1. The van der Waals surface area contributed by atoms with Gasteiger partial charge in [-0.2, -0.15) is 0 Å². The third-order valence-corrected chi connectivity index (χ3v) is 2.23. The SMILES string of the molecule is C=CCNC(=O)COc1ccc([N+](=O)[O-])c(Cl)c1. The molecular weight excluding hydrogens is 260 g/mol. The van der Waals surface area contributed by atoms with Crippen LogP contribution in [0.2, 0.25) is 5.02 Å². The van der Waals surface area contributed by atoms with Gasteiger partial charge in [0.15, 0.2) is 6.61 Å². The van der Waals surface area contributed by atoms with Crippen molar-refractivity contribution in [3.05, 3.63) is 46.0 Å². The molecule has 0 spiro atoms. The number of rotatable bonds is 6. The Morgan fingerprint density at radius 1 is 1.61 bits per heavy atom. The average molecular weight is 271 g/mol. The number of nitro groups is 1. The predicted octanol–water partition coefficient (Wildman–Crippen LogP) is 1.93. The van der Waals surface area contributed by atoms with Gasteiger partial charge < -0.3 is 10.1 Å². The molecule has 18 heavy (non-hydrogen) atoms. The average Bonchev–Trinajstić information content (AvgIpc) is 2.33. The fraction of sp³-hybridized carbons (Fsp3) is 0.182. The number of nitrogens with zero attached hydrogens (tertiary/aromatic N) is 1. The minimum Gasteiger partial charge on any atom is -0.484 e. The van der Waals surface area contributed by atoms with Crippen LogP contribution in [0.15, 0.2) is 30.9 Å². The number of carbonyl (C=O) groups is 1. The molecule has 96 valence electrons. The molecule has 0 atom stereocenters. The van der Waals surface area contributed by atoms with Crippen molar-refractivity contribution in [2.24, 2.45) is 0 Å². The quantitative estimate of drug-likeness (QED) is 0.486. The monoisotopic (exact) mass is 270 g/mol. The summed E-state index contributed by atoms with van der Waals surface area (Å²) in [5.74, 6) is -0.0243. The van der Waals surface area contributed by atoms with Gasteiger partial charge >= 0.3 is 0 Å². The summed E-state index contributed by atoms with van der Waals surface area (Å²) in [6.45, 7) is 3.61. The molecule has 0 aliphatic heterocycles. The molecule has 0 aliphatic carbocycles. The Labute approximate surface area is 108 Å². The topological polar surface area (TPSA) is 81.5 Å². The molecule has 7 heteroatoms. The molecule has 1 N–H and O–H groups in total. The van der Waals surface area contributed by atoms with Crippen molar-refractivity contribution in [3.63, 3.8) is 0 Å². The number of benzene rings is 1. The first kappa shape index (κ1) is 14.0. The molecule has 1 amide bonds. The molecule has 0 heterocycles. The summed E-state index contributed by atoms with van der Waals surface area (Å²) >= 11 is 5.69. The lowest BCUT2D eigenvalue weighted by Gasteiger charge is -2.06. The Balaban J connectivity index is 2.58. The highest BCUT2D eigenvalue weighted by atomic mass is 35.5. The Bertz CT molecular complexity index is 476. The van der Waals surface area contributed by atoms with Crippen molar-refractivity contribution in [2.45, 2.75) is 0 Å². The van der Waals surface area contributed by atoms with Gasteiger partial charge in [0, 0.05) is 18.7 Å². The van der Waals surface area contributed by atoms with Gasteiger partial charge in [-0.1, -0.05) is 17.7 Å². The molecule has 0 saturated heterocycles. The molecule has 0 saturated carbocycles. The van der Waals surface area contributed by atoms with Crippen LogP contribution in [0.1, 0.15) is 0 Å². The highest BCUT2D eigenvalue weighted by Crippen LogP contribution is 2.28. The molecule has 0 fully saturated rings. The van der Waals surface area contributed by atoms with E-state index < -0.39 is 4.92 Å². The van der Waals surface area contributed by atoms with E-state index in [9.17, 15) is 14.9 Å². The summed E-state index contributed by atoms with van der Waals surface area (Å²) < 4.78 is 5.13. The van der Waals surface area contributed by atoms with E-state index in [0.717, 1.165) is 0 Å². The molecule has 1 rings (SSSR count). The summed E-state index contributed by atoms with van der Waals surface area (Å²) in [7, 11) is 0. The maximum Gasteiger partial charge on any atom is 0.288 e. The van der Waals surface area contributed by atoms with Gasteiger partial charge in [-0.05, 0) is 6.07 Å². The van der Waals surface area contributed by atoms with Gasteiger partial charge in [-0.15, -0.1) is 6.58 Å². The van der Waals surface area contributed by atoms with Crippen molar-refractivity contribution in [3.8, 4) is 5.75 Å². The Hall–Kier alpha value is -2.08. The van der Waals surface area contributed by atoms with E-state index in [1.54, 1.807) is 6.08 Å². The largest absolute Gasteiger partial charge is 0.484 e. The first-order chi connectivity index (χ1) is 8.54. The van der Waals surface area contributed by atoms with Crippen LogP contribution in [0.4, 0.5) is 5.69 Å². The standard InChI is InChI=1S/C11H11ClN2O4/c1-2-5-13-11(15)7-18-8-3-4-10(14(16)17)9(12)6-8/h2-4,6H,1,5,7H2,(H,13,15). The number of ether oxygens (including phenoxy) is 1. The third kappa shape index (κ3) is 4.06. The van der Waals surface area contributed by atoms with Crippen LogP contribution >= 0.6 is 11.6 Å². The van der Waals surface area contributed by atoms with Crippen LogP contribution < -0.4 is 10.1 Å². The van der Waals surface area contributed by atoms with Gasteiger partial charge in [0.05, 0.1) is 4.92 Å². The van der Waals surface area contributed by atoms with Crippen molar-refractivity contribution in [2.75, 3.05) is 13.2 Å². The normalized spacial score (nSPS) is 9.61. The van der Waals surface area contributed by atoms with Gasteiger partial charge in [-0.25, -0.2) is 0 Å². The lowest BCUT2D eigenvalue weighted by atomic mass is 10.3.